The molecule has 0 aliphatic rings. The highest BCUT2D eigenvalue weighted by Crippen LogP contribution is 2.30. The van der Waals surface area contributed by atoms with Crippen LogP contribution in [0, 0.1) is 6.92 Å². The van der Waals surface area contributed by atoms with Gasteiger partial charge in [-0.1, -0.05) is 18.6 Å². The van der Waals surface area contributed by atoms with Gasteiger partial charge in [0.1, 0.15) is 0 Å². The number of nitrogens with zero attached hydrogens (tertiary/aromatic N) is 2. The van der Waals surface area contributed by atoms with Crippen LogP contribution in [-0.4, -0.2) is 15.7 Å². The van der Waals surface area contributed by atoms with Crippen LogP contribution in [0.5, 0.6) is 0 Å². The Bertz CT molecular complexity index is 777. The second-order valence-corrected chi connectivity index (χ2v) is 5.47. The van der Waals surface area contributed by atoms with Crippen molar-refractivity contribution >= 4 is 22.5 Å². The minimum Gasteiger partial charge on any atom is -0.233 e. The molecule has 2 aromatic carbocycles. The molecule has 122 valence electrons. The molecule has 23 heavy (non-hydrogen) atoms. The third-order valence-electron chi connectivity index (χ3n) is 3.16. The van der Waals surface area contributed by atoms with Gasteiger partial charge < -0.3 is 0 Å². The fourth-order valence-electron chi connectivity index (χ4n) is 2.15. The van der Waals surface area contributed by atoms with Gasteiger partial charge in [-0.05, 0) is 43.3 Å². The van der Waals surface area contributed by atoms with Crippen LogP contribution >= 0.6 is 11.6 Å². The summed E-state index contributed by atoms with van der Waals surface area (Å²) in [5.74, 6) is 0.722. The maximum absolute atomic E-state index is 12.5. The van der Waals surface area contributed by atoms with E-state index in [1.54, 1.807) is 10.9 Å². The number of aryl methyl sites for hydroxylation is 1. The Morgan fingerprint density at radius 3 is 2.26 bits per heavy atom. The molecule has 0 aliphatic carbocycles. The first-order valence-corrected chi connectivity index (χ1v) is 7.58. The van der Waals surface area contributed by atoms with Crippen LogP contribution in [0.4, 0.5) is 13.2 Å². The molecule has 0 spiro atoms. The number of hydrogen-bond donors (Lipinski definition) is 0. The molecule has 3 aromatic rings. The smallest absolute Gasteiger partial charge is 0.233 e. The molecule has 0 atom stereocenters. The maximum Gasteiger partial charge on any atom is 0.416 e. The Hall–Kier alpha value is -2.01. The first-order valence-electron chi connectivity index (χ1n) is 7.04. The van der Waals surface area contributed by atoms with Gasteiger partial charge >= 0.3 is 6.18 Å². The van der Waals surface area contributed by atoms with E-state index < -0.39 is 11.7 Å². The average molecular weight is 341 g/mol. The van der Waals surface area contributed by atoms with E-state index in [0.717, 1.165) is 34.5 Å². The van der Waals surface area contributed by atoms with Crippen molar-refractivity contribution in [3.63, 3.8) is 0 Å². The Balaban J connectivity index is 0.000000595. The van der Waals surface area contributed by atoms with Crippen molar-refractivity contribution in [1.29, 1.82) is 0 Å². The zero-order valence-electron chi connectivity index (χ0n) is 12.7. The van der Waals surface area contributed by atoms with Crippen LogP contribution < -0.4 is 0 Å². The summed E-state index contributed by atoms with van der Waals surface area (Å²) in [6.07, 6.45) is -2.61. The van der Waals surface area contributed by atoms with E-state index >= 15 is 0 Å². The average Bonchev–Trinajstić information content (AvgIpc) is 2.90. The highest BCUT2D eigenvalue weighted by atomic mass is 35.5. The van der Waals surface area contributed by atoms with Gasteiger partial charge in [0.2, 0.25) is 0 Å². The van der Waals surface area contributed by atoms with Crippen LogP contribution in [0.1, 0.15) is 18.1 Å². The number of rotatable bonds is 1. The van der Waals surface area contributed by atoms with Crippen LogP contribution in [0.2, 0.25) is 0 Å². The molecule has 0 saturated heterocycles. The normalized spacial score (nSPS) is 11.2. The van der Waals surface area contributed by atoms with Crippen molar-refractivity contribution in [2.75, 3.05) is 5.88 Å². The molecular formula is C17H16ClF3N2. The second kappa shape index (κ2) is 7.04. The van der Waals surface area contributed by atoms with Crippen LogP contribution in [0.3, 0.4) is 0 Å². The largest absolute Gasteiger partial charge is 0.416 e. The predicted molar refractivity (Wildman–Crippen MR) is 87.2 cm³/mol. The Labute approximate surface area is 137 Å². The standard InChI is InChI=1S/C15H11F3N2.C2H5Cl/c1-10-2-7-14-11(8-10)9-19-20(14)13-5-3-12(4-6-13)15(16,17)18;1-2-3/h2-9H,1H3;2H2,1H3. The molecule has 0 saturated carbocycles. The fraction of sp³-hybridized carbons (Fsp3) is 0.235. The Kier molecular flexibility index (Phi) is 5.31. The summed E-state index contributed by atoms with van der Waals surface area (Å²) >= 11 is 5.00. The Morgan fingerprint density at radius 2 is 1.70 bits per heavy atom. The van der Waals surface area contributed by atoms with Crippen molar-refractivity contribution < 1.29 is 13.2 Å². The molecule has 3 rings (SSSR count). The summed E-state index contributed by atoms with van der Waals surface area (Å²) in [5, 5.41) is 5.20. The van der Waals surface area contributed by atoms with Gasteiger partial charge in [-0.15, -0.1) is 11.6 Å². The number of hydrogen-bond acceptors (Lipinski definition) is 1. The van der Waals surface area contributed by atoms with Crippen molar-refractivity contribution in [3.8, 4) is 5.69 Å². The third kappa shape index (κ3) is 4.05. The molecular weight excluding hydrogens is 325 g/mol. The van der Waals surface area contributed by atoms with E-state index in [2.05, 4.69) is 5.10 Å². The highest BCUT2D eigenvalue weighted by molar-refractivity contribution is 6.17. The SMILES string of the molecule is CCCl.Cc1ccc2c(cnn2-c2ccc(C(F)(F)F)cc2)c1. The summed E-state index contributed by atoms with van der Waals surface area (Å²) in [5.41, 5.74) is 1.94. The van der Waals surface area contributed by atoms with Crippen molar-refractivity contribution in [3.05, 3.63) is 59.8 Å². The summed E-state index contributed by atoms with van der Waals surface area (Å²) in [7, 11) is 0. The van der Waals surface area contributed by atoms with Gasteiger partial charge in [-0.25, -0.2) is 4.68 Å². The molecule has 0 N–H and O–H groups in total. The van der Waals surface area contributed by atoms with Gasteiger partial charge in [-0.3, -0.25) is 0 Å². The molecule has 0 aliphatic heterocycles. The second-order valence-electron chi connectivity index (χ2n) is 4.93. The summed E-state index contributed by atoms with van der Waals surface area (Å²) in [6.45, 7) is 3.87. The molecule has 0 fully saturated rings. The van der Waals surface area contributed by atoms with Gasteiger partial charge in [0.25, 0.3) is 0 Å². The van der Waals surface area contributed by atoms with Gasteiger partial charge in [-0.2, -0.15) is 18.3 Å². The number of alkyl halides is 4. The number of aromatic nitrogens is 2. The third-order valence-corrected chi connectivity index (χ3v) is 3.16. The molecule has 0 amide bonds. The van der Waals surface area contributed by atoms with E-state index in [-0.39, 0.29) is 0 Å². The summed E-state index contributed by atoms with van der Waals surface area (Å²) in [6, 6.07) is 10.8. The molecule has 0 unspecified atom stereocenters. The van der Waals surface area contributed by atoms with E-state index in [1.165, 1.54) is 12.1 Å². The van der Waals surface area contributed by atoms with Gasteiger partial charge in [0.05, 0.1) is 23.0 Å². The zero-order valence-corrected chi connectivity index (χ0v) is 13.5. The summed E-state index contributed by atoms with van der Waals surface area (Å²) in [4.78, 5) is 0. The topological polar surface area (TPSA) is 17.8 Å². The first kappa shape index (κ1) is 17.3. The molecule has 2 nitrogen and oxygen atoms in total. The molecule has 0 radical (unpaired) electrons. The lowest BCUT2D eigenvalue weighted by atomic mass is 10.1. The van der Waals surface area contributed by atoms with E-state index in [1.807, 2.05) is 32.0 Å². The highest BCUT2D eigenvalue weighted by Gasteiger charge is 2.30. The molecule has 6 heteroatoms. The maximum atomic E-state index is 12.5. The first-order chi connectivity index (χ1) is 10.9. The van der Waals surface area contributed by atoms with Crippen LogP contribution in [0.25, 0.3) is 16.6 Å². The minimum absolute atomic E-state index is 0.608. The Morgan fingerprint density at radius 1 is 1.09 bits per heavy atom. The number of halogens is 4. The molecule has 1 heterocycles. The summed E-state index contributed by atoms with van der Waals surface area (Å²) < 4.78 is 39.2. The lowest BCUT2D eigenvalue weighted by Crippen LogP contribution is -2.05. The van der Waals surface area contributed by atoms with Crippen molar-refractivity contribution in [2.45, 2.75) is 20.0 Å². The predicted octanol–water partition coefficient (Wildman–Crippen LogP) is 5.60. The van der Waals surface area contributed by atoms with Crippen molar-refractivity contribution in [2.24, 2.45) is 0 Å². The monoisotopic (exact) mass is 340 g/mol. The minimum atomic E-state index is -4.32. The number of fused-ring (bicyclic) bond motifs is 1. The van der Waals surface area contributed by atoms with Crippen LogP contribution in [0.15, 0.2) is 48.7 Å². The molecule has 1 aromatic heterocycles. The quantitative estimate of drug-likeness (QED) is 0.527. The zero-order chi connectivity index (χ0) is 17.0. The van der Waals surface area contributed by atoms with Crippen LogP contribution in [-0.2, 0) is 6.18 Å². The molecule has 0 bridgehead atoms. The van der Waals surface area contributed by atoms with E-state index in [4.69, 9.17) is 11.6 Å². The van der Waals surface area contributed by atoms with Gasteiger partial charge in [0.15, 0.2) is 0 Å². The van der Waals surface area contributed by atoms with E-state index in [9.17, 15) is 13.2 Å². The number of benzene rings is 2. The fourth-order valence-corrected chi connectivity index (χ4v) is 2.15. The van der Waals surface area contributed by atoms with Gasteiger partial charge in [0, 0.05) is 11.3 Å². The lowest BCUT2D eigenvalue weighted by Gasteiger charge is -2.08. The van der Waals surface area contributed by atoms with E-state index in [0.29, 0.717) is 5.69 Å². The van der Waals surface area contributed by atoms with Crippen molar-refractivity contribution in [1.82, 2.24) is 9.78 Å². The lowest BCUT2D eigenvalue weighted by molar-refractivity contribution is -0.137.